The number of rotatable bonds is 6. The first-order valence-corrected chi connectivity index (χ1v) is 12.3. The van der Waals surface area contributed by atoms with E-state index in [0.717, 1.165) is 16.7 Å². The third kappa shape index (κ3) is 4.30. The highest BCUT2D eigenvalue weighted by Crippen LogP contribution is 2.53. The fourth-order valence-corrected chi connectivity index (χ4v) is 5.20. The van der Waals surface area contributed by atoms with Crippen molar-refractivity contribution in [3.05, 3.63) is 125 Å². The Kier molecular flexibility index (Phi) is 6.82. The summed E-state index contributed by atoms with van der Waals surface area (Å²) in [7, 11) is 3.06. The molecule has 1 aromatic heterocycles. The molecule has 5 rings (SSSR count). The Morgan fingerprint density at radius 1 is 0.946 bits per heavy atom. The standard InChI is InChI=1S/C29H23ClN2O4S/c1-34-23-12-13-24(25(18-23)35-2)27(33)32-26(19-6-4-3-5-7-19)29(36-28(32)37,21-14-16-31-17-15-21)20-8-10-22(30)11-9-20/h3-18,26H,1-2H3. The lowest BCUT2D eigenvalue weighted by Crippen LogP contribution is -2.40. The van der Waals surface area contributed by atoms with Crippen LogP contribution in [-0.4, -0.2) is 35.2 Å². The molecule has 0 saturated carbocycles. The van der Waals surface area contributed by atoms with Gasteiger partial charge in [-0.25, -0.2) is 0 Å². The lowest BCUT2D eigenvalue weighted by molar-refractivity contribution is 0.0699. The van der Waals surface area contributed by atoms with Crippen molar-refractivity contribution < 1.29 is 19.0 Å². The molecule has 3 aromatic carbocycles. The lowest BCUT2D eigenvalue weighted by atomic mass is 9.77. The second kappa shape index (κ2) is 10.2. The smallest absolute Gasteiger partial charge is 0.268 e. The molecule has 186 valence electrons. The van der Waals surface area contributed by atoms with Gasteiger partial charge >= 0.3 is 0 Å². The number of hydrogen-bond acceptors (Lipinski definition) is 6. The van der Waals surface area contributed by atoms with Crippen LogP contribution in [0.25, 0.3) is 0 Å². The van der Waals surface area contributed by atoms with Crippen molar-refractivity contribution in [1.29, 1.82) is 0 Å². The lowest BCUT2D eigenvalue weighted by Gasteiger charge is -2.36. The molecule has 1 aliphatic heterocycles. The van der Waals surface area contributed by atoms with Gasteiger partial charge in [0.05, 0.1) is 19.8 Å². The van der Waals surface area contributed by atoms with Crippen LogP contribution in [0.2, 0.25) is 5.02 Å². The van der Waals surface area contributed by atoms with Gasteiger partial charge in [-0.15, -0.1) is 0 Å². The van der Waals surface area contributed by atoms with E-state index in [1.165, 1.54) is 12.0 Å². The normalized spacial score (nSPS) is 18.8. The molecular weight excluding hydrogens is 508 g/mol. The van der Waals surface area contributed by atoms with Crippen molar-refractivity contribution in [1.82, 2.24) is 9.88 Å². The SMILES string of the molecule is COc1ccc(C(=O)N2C(=S)OC(c3ccncc3)(c3ccc(Cl)cc3)C2c2ccccc2)c(OC)c1. The zero-order valence-electron chi connectivity index (χ0n) is 20.1. The predicted octanol–water partition coefficient (Wildman–Crippen LogP) is 6.19. The molecule has 0 bridgehead atoms. The fraction of sp³-hybridized carbons (Fsp3) is 0.138. The number of carbonyl (C=O) groups excluding carboxylic acids is 1. The zero-order valence-corrected chi connectivity index (χ0v) is 21.7. The van der Waals surface area contributed by atoms with Gasteiger partial charge in [0, 0.05) is 34.6 Å². The first kappa shape index (κ1) is 24.7. The molecule has 2 unspecified atom stereocenters. The summed E-state index contributed by atoms with van der Waals surface area (Å²) in [6, 6.07) is 25.2. The minimum absolute atomic E-state index is 0.0449. The van der Waals surface area contributed by atoms with Gasteiger partial charge in [0.25, 0.3) is 11.1 Å². The van der Waals surface area contributed by atoms with Gasteiger partial charge in [-0.05, 0) is 54.2 Å². The summed E-state index contributed by atoms with van der Waals surface area (Å²) in [5.74, 6) is 0.579. The zero-order chi connectivity index (χ0) is 26.0. The third-order valence-electron chi connectivity index (χ3n) is 6.44. The van der Waals surface area contributed by atoms with E-state index in [0.29, 0.717) is 22.1 Å². The maximum Gasteiger partial charge on any atom is 0.268 e. The number of nitrogens with zero attached hydrogens (tertiary/aromatic N) is 2. The van der Waals surface area contributed by atoms with Gasteiger partial charge in [0.2, 0.25) is 0 Å². The third-order valence-corrected chi connectivity index (χ3v) is 6.98. The average Bonchev–Trinajstić information content (AvgIpc) is 3.27. The first-order valence-electron chi connectivity index (χ1n) is 11.5. The summed E-state index contributed by atoms with van der Waals surface area (Å²) in [6.45, 7) is 0. The van der Waals surface area contributed by atoms with Crippen LogP contribution in [0.15, 0.2) is 97.3 Å². The number of halogens is 1. The largest absolute Gasteiger partial charge is 0.497 e. The van der Waals surface area contributed by atoms with E-state index in [9.17, 15) is 4.79 Å². The Hall–Kier alpha value is -3.94. The van der Waals surface area contributed by atoms with E-state index >= 15 is 0 Å². The molecule has 2 atom stereocenters. The fourth-order valence-electron chi connectivity index (χ4n) is 4.75. The second-order valence-electron chi connectivity index (χ2n) is 8.40. The van der Waals surface area contributed by atoms with Gasteiger partial charge < -0.3 is 14.2 Å². The molecular formula is C29H23ClN2O4S. The minimum Gasteiger partial charge on any atom is -0.497 e. The van der Waals surface area contributed by atoms with Crippen LogP contribution in [-0.2, 0) is 10.3 Å². The van der Waals surface area contributed by atoms with E-state index in [1.54, 1.807) is 49.8 Å². The topological polar surface area (TPSA) is 60.9 Å². The summed E-state index contributed by atoms with van der Waals surface area (Å²) < 4.78 is 17.5. The second-order valence-corrected chi connectivity index (χ2v) is 9.19. The maximum atomic E-state index is 14.2. The molecule has 1 saturated heterocycles. The molecule has 6 nitrogen and oxygen atoms in total. The van der Waals surface area contributed by atoms with Crippen LogP contribution in [0.3, 0.4) is 0 Å². The number of aromatic nitrogens is 1. The predicted molar refractivity (Wildman–Crippen MR) is 145 cm³/mol. The summed E-state index contributed by atoms with van der Waals surface area (Å²) >= 11 is 12.0. The Labute approximate surface area is 225 Å². The molecule has 1 aliphatic rings. The molecule has 37 heavy (non-hydrogen) atoms. The quantitative estimate of drug-likeness (QED) is 0.277. The molecule has 0 radical (unpaired) electrons. The maximum absolute atomic E-state index is 14.2. The van der Waals surface area contributed by atoms with Gasteiger partial charge in [0.1, 0.15) is 17.5 Å². The number of methoxy groups -OCH3 is 2. The highest BCUT2D eigenvalue weighted by atomic mass is 35.5. The average molecular weight is 531 g/mol. The summed E-state index contributed by atoms with van der Waals surface area (Å²) in [6.07, 6.45) is 3.39. The van der Waals surface area contributed by atoms with Crippen molar-refractivity contribution in [2.24, 2.45) is 0 Å². The van der Waals surface area contributed by atoms with E-state index in [2.05, 4.69) is 4.98 Å². The van der Waals surface area contributed by atoms with E-state index in [-0.39, 0.29) is 11.1 Å². The first-order chi connectivity index (χ1) is 18.0. The van der Waals surface area contributed by atoms with Crippen molar-refractivity contribution in [2.75, 3.05) is 14.2 Å². The highest BCUT2D eigenvalue weighted by Gasteiger charge is 2.57. The number of thiocarbonyl (C=S) groups is 1. The monoisotopic (exact) mass is 530 g/mol. The number of amides is 1. The van der Waals surface area contributed by atoms with Gasteiger partial charge in [0.15, 0.2) is 5.60 Å². The summed E-state index contributed by atoms with van der Waals surface area (Å²) in [5.41, 5.74) is 1.59. The summed E-state index contributed by atoms with van der Waals surface area (Å²) in [4.78, 5) is 19.9. The van der Waals surface area contributed by atoms with Crippen molar-refractivity contribution >= 4 is 34.9 Å². The number of carbonyl (C=O) groups is 1. The molecule has 8 heteroatoms. The number of pyridine rings is 1. The van der Waals surface area contributed by atoms with Crippen LogP contribution in [0, 0.1) is 0 Å². The highest BCUT2D eigenvalue weighted by molar-refractivity contribution is 7.80. The molecule has 0 aliphatic carbocycles. The van der Waals surface area contributed by atoms with Crippen LogP contribution >= 0.6 is 23.8 Å². The Morgan fingerprint density at radius 3 is 2.27 bits per heavy atom. The Balaban J connectivity index is 1.76. The number of ether oxygens (including phenoxy) is 3. The number of hydrogen-bond donors (Lipinski definition) is 0. The molecule has 0 N–H and O–H groups in total. The Morgan fingerprint density at radius 2 is 1.62 bits per heavy atom. The van der Waals surface area contributed by atoms with Gasteiger partial charge in [-0.3, -0.25) is 14.7 Å². The Bertz CT molecular complexity index is 1430. The van der Waals surface area contributed by atoms with Crippen LogP contribution in [0.4, 0.5) is 0 Å². The molecule has 0 spiro atoms. The number of benzene rings is 3. The molecule has 1 fully saturated rings. The summed E-state index contributed by atoms with van der Waals surface area (Å²) in [5, 5.41) is 0.629. The van der Waals surface area contributed by atoms with Crippen molar-refractivity contribution in [2.45, 2.75) is 11.6 Å². The van der Waals surface area contributed by atoms with Crippen molar-refractivity contribution in [3.63, 3.8) is 0 Å². The molecule has 4 aromatic rings. The van der Waals surface area contributed by atoms with E-state index < -0.39 is 11.6 Å². The van der Waals surface area contributed by atoms with Crippen LogP contribution in [0.1, 0.15) is 33.1 Å². The van der Waals surface area contributed by atoms with Crippen LogP contribution in [0.5, 0.6) is 11.5 Å². The van der Waals surface area contributed by atoms with Crippen LogP contribution < -0.4 is 9.47 Å². The van der Waals surface area contributed by atoms with E-state index in [1.807, 2.05) is 54.6 Å². The molecule has 1 amide bonds. The molecule has 2 heterocycles. The van der Waals surface area contributed by atoms with Gasteiger partial charge in [-0.2, -0.15) is 0 Å². The van der Waals surface area contributed by atoms with Crippen molar-refractivity contribution in [3.8, 4) is 11.5 Å². The van der Waals surface area contributed by atoms with E-state index in [4.69, 9.17) is 38.0 Å². The van der Waals surface area contributed by atoms with Gasteiger partial charge in [-0.1, -0.05) is 54.1 Å². The minimum atomic E-state index is -1.17.